The summed E-state index contributed by atoms with van der Waals surface area (Å²) in [6, 6.07) is 0. The lowest BCUT2D eigenvalue weighted by Gasteiger charge is -2.47. The third-order valence-electron chi connectivity index (χ3n) is 12.6. The molecular weight excluding hydrogens is 1290 g/mol. The van der Waals surface area contributed by atoms with Crippen molar-refractivity contribution < 1.29 is 181 Å². The van der Waals surface area contributed by atoms with E-state index in [-0.39, 0.29) is 12.8 Å². The Hall–Kier alpha value is -3.52. The van der Waals surface area contributed by atoms with E-state index in [1.54, 1.807) is 0 Å². The average molecular weight is 1330 g/mol. The Morgan fingerprint density at radius 3 is 0.631 bits per heavy atom. The van der Waals surface area contributed by atoms with Gasteiger partial charge in [0.1, 0.15) is 0 Å². The molecule has 0 fully saturated rings. The number of allylic oxidation sites excluding steroid dienone is 1. The van der Waals surface area contributed by atoms with Crippen molar-refractivity contribution in [3.05, 3.63) is 11.6 Å². The maximum atomic E-state index is 14.5. The fourth-order valence-electron chi connectivity index (χ4n) is 7.08. The maximum Gasteiger partial charge on any atom is 0.473 e. The van der Waals surface area contributed by atoms with Gasteiger partial charge in [-0.25, -0.2) is 4.79 Å². The fourth-order valence-corrected chi connectivity index (χ4v) is 7.08. The third kappa shape index (κ3) is 13.1. The molecule has 0 aliphatic carbocycles. The Morgan fingerprint density at radius 2 is 0.440 bits per heavy atom. The first-order chi connectivity index (χ1) is 36.9. The number of alkyl halides is 39. The summed E-state index contributed by atoms with van der Waals surface area (Å²) in [6.45, 7) is 2.82. The average Bonchev–Trinajstić information content (AvgIpc) is 1.20. The molecule has 0 amide bonds. The molecule has 41 heteroatoms. The van der Waals surface area contributed by atoms with Crippen molar-refractivity contribution in [1.29, 1.82) is 0 Å². The molecule has 0 spiro atoms. The number of esters is 1. The van der Waals surface area contributed by atoms with Gasteiger partial charge in [0, 0.05) is 5.57 Å². The number of hydrogen-bond acceptors (Lipinski definition) is 2. The van der Waals surface area contributed by atoms with Crippen LogP contribution in [0.25, 0.3) is 0 Å². The van der Waals surface area contributed by atoms with Gasteiger partial charge in [0.15, 0.2) is 0 Å². The highest BCUT2D eigenvalue weighted by molar-refractivity contribution is 5.88. The standard InChI is InChI=1S/C43H45F39O2/c1-3-5-6-7-8-9-10-11-12-13-14-15-16-17-18-19-20-21-22-23(4-2)24(83)84-43(81,82)41(76,77)39(72,73)37(68,69)35(64,65)33(60,61)31(56,57)29(52,53)27(48,49)25(44,45)26(46,47)28(50,51)30(54,55)32(58,59)34(62,63)36(66,67)38(70,71)40(74,75)42(78,79)80/h22H,3-21H2,1-2H3. The molecule has 2 nitrogen and oxygen atoms in total. The van der Waals surface area contributed by atoms with Gasteiger partial charge in [-0.15, -0.1) is 0 Å². The Labute approximate surface area is 447 Å². The molecule has 0 atom stereocenters. The van der Waals surface area contributed by atoms with Crippen LogP contribution in [0.15, 0.2) is 11.6 Å². The van der Waals surface area contributed by atoms with Crippen molar-refractivity contribution in [3.63, 3.8) is 0 Å². The van der Waals surface area contributed by atoms with Gasteiger partial charge in [0.05, 0.1) is 0 Å². The summed E-state index contributed by atoms with van der Waals surface area (Å²) in [4.78, 5) is 12.2. The molecule has 84 heavy (non-hydrogen) atoms. The number of halogens is 39. The maximum absolute atomic E-state index is 14.5. The van der Waals surface area contributed by atoms with Gasteiger partial charge in [0.2, 0.25) is 0 Å². The second-order valence-corrected chi connectivity index (χ2v) is 18.7. The zero-order valence-electron chi connectivity index (χ0n) is 42.1. The largest absolute Gasteiger partial charge is 0.473 e. The zero-order valence-corrected chi connectivity index (χ0v) is 42.1. The summed E-state index contributed by atoms with van der Waals surface area (Å²) in [6.07, 6.45) is -2.84. The molecule has 0 N–H and O–H groups in total. The minimum atomic E-state index is -10.6. The zero-order chi connectivity index (χ0) is 67.5. The molecule has 0 bridgehead atoms. The van der Waals surface area contributed by atoms with Gasteiger partial charge in [-0.2, -0.15) is 171 Å². The topological polar surface area (TPSA) is 26.3 Å². The predicted octanol–water partition coefficient (Wildman–Crippen LogP) is 20.9. The summed E-state index contributed by atoms with van der Waals surface area (Å²) >= 11 is 0. The number of rotatable bonds is 38. The summed E-state index contributed by atoms with van der Waals surface area (Å²) in [5, 5.41) is 0. The molecule has 502 valence electrons. The minimum absolute atomic E-state index is 0.0177. The van der Waals surface area contributed by atoms with Gasteiger partial charge < -0.3 is 4.74 Å². The van der Waals surface area contributed by atoms with Crippen molar-refractivity contribution in [3.8, 4) is 0 Å². The monoisotopic (exact) mass is 1330 g/mol. The molecular formula is C43H45F39O2. The van der Waals surface area contributed by atoms with Crippen LogP contribution in [0, 0.1) is 0 Å². The molecule has 0 heterocycles. The highest BCUT2D eigenvalue weighted by Crippen LogP contribution is 2.71. The fraction of sp³-hybridized carbons (Fsp3) is 0.930. The van der Waals surface area contributed by atoms with Crippen LogP contribution in [0.5, 0.6) is 0 Å². The van der Waals surface area contributed by atoms with E-state index < -0.39 is 137 Å². The Bertz CT molecular complexity index is 2140. The Balaban J connectivity index is 6.82. The highest BCUT2D eigenvalue weighted by Gasteiger charge is 3.03. The van der Waals surface area contributed by atoms with E-state index in [2.05, 4.69) is 11.7 Å². The van der Waals surface area contributed by atoms with Gasteiger partial charge in [-0.05, 0) is 19.3 Å². The molecule has 0 aromatic rings. The van der Waals surface area contributed by atoms with Gasteiger partial charge >= 0.3 is 119 Å². The van der Waals surface area contributed by atoms with Crippen molar-refractivity contribution in [1.82, 2.24) is 0 Å². The van der Waals surface area contributed by atoms with E-state index in [9.17, 15) is 176 Å². The summed E-state index contributed by atoms with van der Waals surface area (Å²) in [7, 11) is 0. The van der Waals surface area contributed by atoms with Crippen molar-refractivity contribution >= 4 is 5.97 Å². The number of hydrogen-bond donors (Lipinski definition) is 0. The Kier molecular flexibility index (Phi) is 24.8. The smallest absolute Gasteiger partial charge is 0.393 e. The lowest BCUT2D eigenvalue weighted by Crippen LogP contribution is -2.80. The van der Waals surface area contributed by atoms with Crippen LogP contribution in [0.4, 0.5) is 171 Å². The van der Waals surface area contributed by atoms with Crippen LogP contribution >= 0.6 is 0 Å². The molecule has 0 aromatic heterocycles. The molecule has 0 unspecified atom stereocenters. The van der Waals surface area contributed by atoms with Gasteiger partial charge in [-0.3, -0.25) is 0 Å². The third-order valence-corrected chi connectivity index (χ3v) is 12.6. The summed E-state index contributed by atoms with van der Waals surface area (Å²) in [5.74, 6) is -174. The van der Waals surface area contributed by atoms with E-state index in [0.717, 1.165) is 84.0 Å². The van der Waals surface area contributed by atoms with Crippen LogP contribution in [0.2, 0.25) is 0 Å². The normalized spacial score (nSPS) is 16.0. The van der Waals surface area contributed by atoms with E-state index in [1.807, 2.05) is 0 Å². The molecule has 0 aromatic carbocycles. The van der Waals surface area contributed by atoms with Crippen molar-refractivity contribution in [2.24, 2.45) is 0 Å². The number of carbonyl (C=O) groups excluding carboxylic acids is 1. The molecule has 0 aliphatic heterocycles. The highest BCUT2D eigenvalue weighted by atomic mass is 19.4. The first-order valence-electron chi connectivity index (χ1n) is 23.7. The van der Waals surface area contributed by atoms with E-state index >= 15 is 0 Å². The van der Waals surface area contributed by atoms with Crippen LogP contribution in [-0.2, 0) is 9.53 Å². The predicted molar refractivity (Wildman–Crippen MR) is 208 cm³/mol. The number of ether oxygens (including phenoxy) is 1. The molecule has 0 saturated heterocycles. The van der Waals surface area contributed by atoms with E-state index in [4.69, 9.17) is 0 Å². The SMILES string of the molecule is CCCCCCCCCCCCCCCCCCCC=C(CC)C(=O)OC(F)(F)C(F)(F)C(F)(F)C(F)(F)C(F)(F)C(F)(F)C(F)(F)C(F)(F)C(F)(F)C(F)(F)C(F)(F)C(F)(F)C(F)(F)C(F)(F)C(F)(F)C(F)(F)C(F)(F)C(F)(F)C(F)(F)F. The van der Waals surface area contributed by atoms with E-state index in [1.165, 1.54) is 0 Å². The number of unbranched alkanes of at least 4 members (excludes halogenated alkanes) is 17. The second kappa shape index (κ2) is 25.9. The van der Waals surface area contributed by atoms with Gasteiger partial charge in [0.25, 0.3) is 0 Å². The van der Waals surface area contributed by atoms with Crippen LogP contribution in [0.1, 0.15) is 136 Å². The first kappa shape index (κ1) is 80.5. The number of carbonyl (C=O) groups is 1. The van der Waals surface area contributed by atoms with Crippen LogP contribution < -0.4 is 0 Å². The molecule has 0 radical (unpaired) electrons. The van der Waals surface area contributed by atoms with E-state index in [0.29, 0.717) is 25.3 Å². The lowest BCUT2D eigenvalue weighted by atomic mass is 9.82. The lowest BCUT2D eigenvalue weighted by molar-refractivity contribution is -0.496. The second-order valence-electron chi connectivity index (χ2n) is 18.7. The van der Waals surface area contributed by atoms with Gasteiger partial charge in [-0.1, -0.05) is 123 Å². The molecule has 0 saturated carbocycles. The van der Waals surface area contributed by atoms with Crippen molar-refractivity contribution in [2.75, 3.05) is 0 Å². The minimum Gasteiger partial charge on any atom is -0.393 e. The first-order valence-corrected chi connectivity index (χ1v) is 23.7. The summed E-state index contributed by atoms with van der Waals surface area (Å²) in [5.41, 5.74) is -1.33. The molecule has 0 aliphatic rings. The quantitative estimate of drug-likeness (QED) is 0.0267. The van der Waals surface area contributed by atoms with Crippen LogP contribution in [-0.4, -0.2) is 119 Å². The molecule has 0 rings (SSSR count). The van der Waals surface area contributed by atoms with Crippen molar-refractivity contribution in [2.45, 2.75) is 249 Å². The summed E-state index contributed by atoms with van der Waals surface area (Å²) < 4.78 is 547. The van der Waals surface area contributed by atoms with Crippen LogP contribution in [0.3, 0.4) is 0 Å². The Morgan fingerprint density at radius 1 is 0.262 bits per heavy atom.